The third-order valence-electron chi connectivity index (χ3n) is 3.87. The maximum Gasteiger partial charge on any atom is 0.321 e. The maximum atomic E-state index is 12.2. The first-order valence-electron chi connectivity index (χ1n) is 6.53. The third-order valence-corrected chi connectivity index (χ3v) is 4.20. The van der Waals surface area contributed by atoms with Crippen molar-refractivity contribution >= 4 is 23.3 Å². The van der Waals surface area contributed by atoms with Crippen molar-refractivity contribution in [3.05, 3.63) is 29.3 Å². The van der Waals surface area contributed by atoms with Gasteiger partial charge in [0.1, 0.15) is 0 Å². The van der Waals surface area contributed by atoms with Gasteiger partial charge in [0.25, 0.3) is 0 Å². The zero-order valence-electron chi connectivity index (χ0n) is 11.4. The highest BCUT2D eigenvalue weighted by Crippen LogP contribution is 2.24. The van der Waals surface area contributed by atoms with Gasteiger partial charge >= 0.3 is 6.03 Å². The molecule has 4 nitrogen and oxygen atoms in total. The van der Waals surface area contributed by atoms with E-state index in [1.807, 2.05) is 30.1 Å². The standard InChI is InChI=1S/C14H20ClN3O/c1-14(16-2)7-9-18(10-8-14)13(19)17-12-6-4-3-5-11(12)15/h3-6,16H,7-10H2,1-2H3,(H,17,19). The highest BCUT2D eigenvalue weighted by molar-refractivity contribution is 6.33. The normalized spacial score (nSPS) is 18.2. The molecule has 2 N–H and O–H groups in total. The summed E-state index contributed by atoms with van der Waals surface area (Å²) in [6, 6.07) is 7.20. The van der Waals surface area contributed by atoms with Crippen LogP contribution in [0.1, 0.15) is 19.8 Å². The van der Waals surface area contributed by atoms with Crippen LogP contribution in [0.25, 0.3) is 0 Å². The van der Waals surface area contributed by atoms with Crippen molar-refractivity contribution in [1.29, 1.82) is 0 Å². The van der Waals surface area contributed by atoms with Crippen LogP contribution in [-0.2, 0) is 0 Å². The molecule has 1 heterocycles. The smallest absolute Gasteiger partial charge is 0.321 e. The zero-order chi connectivity index (χ0) is 13.9. The molecule has 0 radical (unpaired) electrons. The topological polar surface area (TPSA) is 44.4 Å². The fourth-order valence-corrected chi connectivity index (χ4v) is 2.39. The Labute approximate surface area is 119 Å². The third kappa shape index (κ3) is 3.39. The molecule has 0 bridgehead atoms. The van der Waals surface area contributed by atoms with Crippen molar-refractivity contribution in [2.75, 3.05) is 25.5 Å². The minimum Gasteiger partial charge on any atom is -0.324 e. The second-order valence-corrected chi connectivity index (χ2v) is 5.61. The van der Waals surface area contributed by atoms with Crippen LogP contribution in [-0.4, -0.2) is 36.6 Å². The number of amides is 2. The Morgan fingerprint density at radius 3 is 2.53 bits per heavy atom. The van der Waals surface area contributed by atoms with E-state index >= 15 is 0 Å². The van der Waals surface area contributed by atoms with E-state index in [2.05, 4.69) is 17.6 Å². The Kier molecular flexibility index (Phi) is 4.32. The van der Waals surface area contributed by atoms with Crippen molar-refractivity contribution in [1.82, 2.24) is 10.2 Å². The van der Waals surface area contributed by atoms with Gasteiger partial charge in [-0.1, -0.05) is 23.7 Å². The van der Waals surface area contributed by atoms with Crippen molar-refractivity contribution in [2.45, 2.75) is 25.3 Å². The van der Waals surface area contributed by atoms with Crippen LogP contribution in [0, 0.1) is 0 Å². The first-order valence-corrected chi connectivity index (χ1v) is 6.91. The Morgan fingerprint density at radius 1 is 1.32 bits per heavy atom. The monoisotopic (exact) mass is 281 g/mol. The van der Waals surface area contributed by atoms with Gasteiger partial charge in [-0.3, -0.25) is 0 Å². The number of hydrogen-bond donors (Lipinski definition) is 2. The summed E-state index contributed by atoms with van der Waals surface area (Å²) in [7, 11) is 1.97. The number of piperidine rings is 1. The molecule has 1 aromatic rings. The van der Waals surface area contributed by atoms with Crippen LogP contribution in [0.15, 0.2) is 24.3 Å². The summed E-state index contributed by atoms with van der Waals surface area (Å²) in [5.74, 6) is 0. The van der Waals surface area contributed by atoms with Crippen LogP contribution in [0.3, 0.4) is 0 Å². The predicted octanol–water partition coefficient (Wildman–Crippen LogP) is 2.95. The molecule has 1 aromatic carbocycles. The summed E-state index contributed by atoms with van der Waals surface area (Å²) >= 11 is 6.03. The van der Waals surface area contributed by atoms with Crippen LogP contribution >= 0.6 is 11.6 Å². The molecule has 1 saturated heterocycles. The number of anilines is 1. The van der Waals surface area contributed by atoms with Crippen molar-refractivity contribution in [2.24, 2.45) is 0 Å². The Bertz CT molecular complexity index is 456. The fraction of sp³-hybridized carbons (Fsp3) is 0.500. The van der Waals surface area contributed by atoms with E-state index in [9.17, 15) is 4.79 Å². The highest BCUT2D eigenvalue weighted by Gasteiger charge is 2.30. The van der Waals surface area contributed by atoms with Crippen molar-refractivity contribution < 1.29 is 4.79 Å². The molecule has 104 valence electrons. The van der Waals surface area contributed by atoms with Crippen LogP contribution in [0.2, 0.25) is 5.02 Å². The van der Waals surface area contributed by atoms with Crippen LogP contribution in [0.4, 0.5) is 10.5 Å². The summed E-state index contributed by atoms with van der Waals surface area (Å²) in [6.45, 7) is 3.71. The second kappa shape index (κ2) is 5.80. The number of rotatable bonds is 2. The predicted molar refractivity (Wildman–Crippen MR) is 78.7 cm³/mol. The van der Waals surface area contributed by atoms with E-state index in [1.165, 1.54) is 0 Å². The van der Waals surface area contributed by atoms with Crippen molar-refractivity contribution in [3.63, 3.8) is 0 Å². The lowest BCUT2D eigenvalue weighted by atomic mass is 9.90. The van der Waals surface area contributed by atoms with E-state index in [4.69, 9.17) is 11.6 Å². The summed E-state index contributed by atoms with van der Waals surface area (Å²) in [4.78, 5) is 14.0. The lowest BCUT2D eigenvalue weighted by Gasteiger charge is -2.39. The van der Waals surface area contributed by atoms with Gasteiger partial charge in [0.05, 0.1) is 10.7 Å². The van der Waals surface area contributed by atoms with Crippen molar-refractivity contribution in [3.8, 4) is 0 Å². The number of nitrogens with zero attached hydrogens (tertiary/aromatic N) is 1. The van der Waals surface area contributed by atoms with Crippen LogP contribution < -0.4 is 10.6 Å². The Hall–Kier alpha value is -1.26. The molecule has 2 rings (SSSR count). The molecular weight excluding hydrogens is 262 g/mol. The molecule has 0 atom stereocenters. The van der Waals surface area contributed by atoms with E-state index < -0.39 is 0 Å². The fourth-order valence-electron chi connectivity index (χ4n) is 2.21. The SMILES string of the molecule is CNC1(C)CCN(C(=O)Nc2ccccc2Cl)CC1. The number of para-hydroxylation sites is 1. The molecule has 0 unspecified atom stereocenters. The minimum atomic E-state index is -0.0775. The molecule has 0 aromatic heterocycles. The van der Waals surface area contributed by atoms with Gasteiger partial charge in [-0.15, -0.1) is 0 Å². The van der Waals surface area contributed by atoms with Crippen LogP contribution in [0.5, 0.6) is 0 Å². The molecule has 1 fully saturated rings. The van der Waals surface area contributed by atoms with Gasteiger partial charge in [-0.2, -0.15) is 0 Å². The summed E-state index contributed by atoms with van der Waals surface area (Å²) in [5.41, 5.74) is 0.803. The van der Waals surface area contributed by atoms with Gasteiger partial charge in [0.2, 0.25) is 0 Å². The van der Waals surface area contributed by atoms with E-state index in [0.717, 1.165) is 25.9 Å². The first-order chi connectivity index (χ1) is 9.04. The van der Waals surface area contributed by atoms with E-state index in [1.54, 1.807) is 6.07 Å². The highest BCUT2D eigenvalue weighted by atomic mass is 35.5. The zero-order valence-corrected chi connectivity index (χ0v) is 12.1. The molecule has 1 aliphatic rings. The number of carbonyl (C=O) groups excluding carboxylic acids is 1. The molecule has 0 aliphatic carbocycles. The molecule has 5 heteroatoms. The number of urea groups is 1. The van der Waals surface area contributed by atoms with E-state index in [0.29, 0.717) is 10.7 Å². The number of benzene rings is 1. The second-order valence-electron chi connectivity index (χ2n) is 5.21. The number of hydrogen-bond acceptors (Lipinski definition) is 2. The summed E-state index contributed by atoms with van der Waals surface area (Å²) in [6.07, 6.45) is 1.92. The Morgan fingerprint density at radius 2 is 1.95 bits per heavy atom. The maximum absolute atomic E-state index is 12.2. The number of likely N-dealkylation sites (tertiary alicyclic amines) is 1. The van der Waals surface area contributed by atoms with Gasteiger partial charge in [0, 0.05) is 18.6 Å². The van der Waals surface area contributed by atoms with Gasteiger partial charge in [-0.05, 0) is 38.9 Å². The lowest BCUT2D eigenvalue weighted by Crippen LogP contribution is -2.52. The van der Waals surface area contributed by atoms with Gasteiger partial charge in [0.15, 0.2) is 0 Å². The van der Waals surface area contributed by atoms with Gasteiger partial charge < -0.3 is 15.5 Å². The summed E-state index contributed by atoms with van der Waals surface area (Å²) < 4.78 is 0. The molecule has 19 heavy (non-hydrogen) atoms. The van der Waals surface area contributed by atoms with E-state index in [-0.39, 0.29) is 11.6 Å². The molecule has 2 amide bonds. The largest absolute Gasteiger partial charge is 0.324 e. The Balaban J connectivity index is 1.94. The molecular formula is C14H20ClN3O. The quantitative estimate of drug-likeness (QED) is 0.875. The lowest BCUT2D eigenvalue weighted by molar-refractivity contribution is 0.163. The molecule has 0 spiro atoms. The molecule has 1 aliphatic heterocycles. The average molecular weight is 282 g/mol. The molecule has 0 saturated carbocycles. The number of carbonyl (C=O) groups is 1. The summed E-state index contributed by atoms with van der Waals surface area (Å²) in [5, 5.41) is 6.74. The number of halogens is 1. The first kappa shape index (κ1) is 14.2. The van der Waals surface area contributed by atoms with Gasteiger partial charge in [-0.25, -0.2) is 4.79 Å². The average Bonchev–Trinajstić information content (AvgIpc) is 2.42. The minimum absolute atomic E-state index is 0.0775. The number of nitrogens with one attached hydrogen (secondary N) is 2.